The van der Waals surface area contributed by atoms with Gasteiger partial charge in [-0.3, -0.25) is 4.98 Å². The molecule has 20 heavy (non-hydrogen) atoms. The summed E-state index contributed by atoms with van der Waals surface area (Å²) in [6.45, 7) is 0.231. The Labute approximate surface area is 117 Å². The Kier molecular flexibility index (Phi) is 4.40. The molecule has 1 aromatic heterocycles. The Morgan fingerprint density at radius 2 is 2.05 bits per heavy atom. The van der Waals surface area contributed by atoms with Gasteiger partial charge in [0.25, 0.3) is 0 Å². The average Bonchev–Trinajstić information content (AvgIpc) is 2.52. The number of pyridine rings is 1. The van der Waals surface area contributed by atoms with Crippen LogP contribution in [0.2, 0.25) is 0 Å². The van der Waals surface area contributed by atoms with Gasteiger partial charge < -0.3 is 14.2 Å². The van der Waals surface area contributed by atoms with E-state index in [1.54, 1.807) is 50.7 Å². The molecule has 0 aliphatic heterocycles. The van der Waals surface area contributed by atoms with Gasteiger partial charge in [-0.15, -0.1) is 0 Å². The number of hydrogen-bond acceptors (Lipinski definition) is 5. The lowest BCUT2D eigenvalue weighted by molar-refractivity contribution is 0.284. The maximum Gasteiger partial charge on any atom is 0.185 e. The van der Waals surface area contributed by atoms with E-state index in [0.717, 1.165) is 0 Å². The fourth-order valence-corrected chi connectivity index (χ4v) is 1.76. The molecule has 0 fully saturated rings. The molecule has 1 heterocycles. The van der Waals surface area contributed by atoms with Crippen molar-refractivity contribution in [1.29, 1.82) is 5.26 Å². The maximum absolute atomic E-state index is 8.84. The van der Waals surface area contributed by atoms with Crippen molar-refractivity contribution in [2.45, 2.75) is 6.61 Å². The number of nitriles is 1. The summed E-state index contributed by atoms with van der Waals surface area (Å²) in [5.74, 6) is 1.76. The second kappa shape index (κ2) is 6.43. The summed E-state index contributed by atoms with van der Waals surface area (Å²) < 4.78 is 16.1. The number of rotatable bonds is 5. The van der Waals surface area contributed by atoms with Gasteiger partial charge in [0.2, 0.25) is 0 Å². The summed E-state index contributed by atoms with van der Waals surface area (Å²) in [7, 11) is 3.12. The van der Waals surface area contributed by atoms with Crippen LogP contribution in [0.3, 0.4) is 0 Å². The predicted octanol–water partition coefficient (Wildman–Crippen LogP) is 2.55. The fourth-order valence-electron chi connectivity index (χ4n) is 1.76. The molecule has 0 bridgehead atoms. The van der Waals surface area contributed by atoms with Crippen molar-refractivity contribution in [2.24, 2.45) is 0 Å². The number of hydrogen-bond donors (Lipinski definition) is 0. The van der Waals surface area contributed by atoms with Crippen LogP contribution < -0.4 is 14.2 Å². The summed E-state index contributed by atoms with van der Waals surface area (Å²) >= 11 is 0. The van der Waals surface area contributed by atoms with E-state index < -0.39 is 0 Å². The molecule has 102 valence electrons. The molecule has 5 nitrogen and oxygen atoms in total. The number of ether oxygens (including phenoxy) is 3. The van der Waals surface area contributed by atoms with E-state index in [1.165, 1.54) is 0 Å². The lowest BCUT2D eigenvalue weighted by atomic mass is 10.2. The molecule has 2 aromatic rings. The largest absolute Gasteiger partial charge is 0.493 e. The first-order chi connectivity index (χ1) is 9.78. The van der Waals surface area contributed by atoms with Crippen LogP contribution in [0.4, 0.5) is 0 Å². The SMILES string of the molecule is COc1ccnc(COc2cccc(C#N)c2)c1OC. The first kappa shape index (κ1) is 13.7. The van der Waals surface area contributed by atoms with Crippen LogP contribution in [-0.2, 0) is 6.61 Å². The molecule has 0 amide bonds. The maximum atomic E-state index is 8.84. The lowest BCUT2D eigenvalue weighted by Crippen LogP contribution is -2.03. The summed E-state index contributed by atoms with van der Waals surface area (Å²) in [6.07, 6.45) is 1.63. The van der Waals surface area contributed by atoms with Crippen molar-refractivity contribution in [3.8, 4) is 23.3 Å². The Morgan fingerprint density at radius 1 is 1.20 bits per heavy atom. The van der Waals surface area contributed by atoms with Crippen molar-refractivity contribution in [3.63, 3.8) is 0 Å². The standard InChI is InChI=1S/C15H14N2O3/c1-18-14-6-7-17-13(15(14)19-2)10-20-12-5-3-4-11(8-12)9-16/h3-8H,10H2,1-2H3. The van der Waals surface area contributed by atoms with E-state index in [-0.39, 0.29) is 6.61 Å². The van der Waals surface area contributed by atoms with E-state index in [0.29, 0.717) is 28.5 Å². The third kappa shape index (κ3) is 2.98. The van der Waals surface area contributed by atoms with Gasteiger partial charge in [-0.25, -0.2) is 0 Å². The number of methoxy groups -OCH3 is 2. The molecule has 1 aromatic carbocycles. The Bertz CT molecular complexity index is 635. The molecule has 0 saturated heterocycles. The van der Waals surface area contributed by atoms with E-state index in [9.17, 15) is 0 Å². The first-order valence-corrected chi connectivity index (χ1v) is 5.97. The minimum Gasteiger partial charge on any atom is -0.493 e. The third-order valence-corrected chi connectivity index (χ3v) is 2.70. The summed E-state index contributed by atoms with van der Waals surface area (Å²) in [6, 6.07) is 10.7. The third-order valence-electron chi connectivity index (χ3n) is 2.70. The van der Waals surface area contributed by atoms with Crippen LogP contribution in [0.1, 0.15) is 11.3 Å². The first-order valence-electron chi connectivity index (χ1n) is 5.97. The van der Waals surface area contributed by atoms with Crippen molar-refractivity contribution < 1.29 is 14.2 Å². The zero-order chi connectivity index (χ0) is 14.4. The van der Waals surface area contributed by atoms with Crippen LogP contribution in [0.25, 0.3) is 0 Å². The molecule has 0 spiro atoms. The van der Waals surface area contributed by atoms with E-state index in [1.807, 2.05) is 0 Å². The molecule has 0 atom stereocenters. The van der Waals surface area contributed by atoms with E-state index in [2.05, 4.69) is 11.1 Å². The second-order valence-electron chi connectivity index (χ2n) is 3.92. The Hall–Kier alpha value is -2.74. The van der Waals surface area contributed by atoms with Gasteiger partial charge in [-0.1, -0.05) is 6.07 Å². The van der Waals surface area contributed by atoms with Gasteiger partial charge in [-0.05, 0) is 18.2 Å². The number of aromatic nitrogens is 1. The van der Waals surface area contributed by atoms with Gasteiger partial charge in [0.1, 0.15) is 18.1 Å². The predicted molar refractivity (Wildman–Crippen MR) is 72.8 cm³/mol. The molecule has 0 aliphatic rings. The van der Waals surface area contributed by atoms with Gasteiger partial charge in [0.05, 0.1) is 25.9 Å². The molecule has 0 aliphatic carbocycles. The van der Waals surface area contributed by atoms with Crippen molar-refractivity contribution in [1.82, 2.24) is 4.98 Å². The highest BCUT2D eigenvalue weighted by atomic mass is 16.5. The normalized spacial score (nSPS) is 9.65. The van der Waals surface area contributed by atoms with Crippen molar-refractivity contribution in [2.75, 3.05) is 14.2 Å². The molecular weight excluding hydrogens is 256 g/mol. The van der Waals surface area contributed by atoms with E-state index >= 15 is 0 Å². The minimum absolute atomic E-state index is 0.231. The highest BCUT2D eigenvalue weighted by Gasteiger charge is 2.11. The van der Waals surface area contributed by atoms with Gasteiger partial charge >= 0.3 is 0 Å². The number of benzene rings is 1. The Morgan fingerprint density at radius 3 is 2.75 bits per heavy atom. The average molecular weight is 270 g/mol. The van der Waals surface area contributed by atoms with Gasteiger partial charge in [0.15, 0.2) is 11.5 Å². The lowest BCUT2D eigenvalue weighted by Gasteiger charge is -2.12. The quantitative estimate of drug-likeness (QED) is 0.835. The topological polar surface area (TPSA) is 64.4 Å². The zero-order valence-corrected chi connectivity index (χ0v) is 11.3. The molecule has 2 rings (SSSR count). The van der Waals surface area contributed by atoms with Crippen LogP contribution in [0.15, 0.2) is 36.5 Å². The van der Waals surface area contributed by atoms with Crippen LogP contribution in [0, 0.1) is 11.3 Å². The summed E-state index contributed by atoms with van der Waals surface area (Å²) in [5, 5.41) is 8.84. The Balaban J connectivity index is 2.16. The van der Waals surface area contributed by atoms with Crippen LogP contribution >= 0.6 is 0 Å². The molecule has 0 radical (unpaired) electrons. The van der Waals surface area contributed by atoms with Crippen LogP contribution in [-0.4, -0.2) is 19.2 Å². The van der Waals surface area contributed by atoms with Crippen molar-refractivity contribution >= 4 is 0 Å². The van der Waals surface area contributed by atoms with Gasteiger partial charge in [0, 0.05) is 12.3 Å². The minimum atomic E-state index is 0.231. The summed E-state index contributed by atoms with van der Waals surface area (Å²) in [5.41, 5.74) is 1.18. The monoisotopic (exact) mass is 270 g/mol. The number of nitrogens with zero attached hydrogens (tertiary/aromatic N) is 2. The molecule has 5 heteroatoms. The van der Waals surface area contributed by atoms with E-state index in [4.69, 9.17) is 19.5 Å². The summed E-state index contributed by atoms with van der Waals surface area (Å²) in [4.78, 5) is 4.22. The molecular formula is C15H14N2O3. The zero-order valence-electron chi connectivity index (χ0n) is 11.3. The highest BCUT2D eigenvalue weighted by molar-refractivity contribution is 5.42. The van der Waals surface area contributed by atoms with Crippen molar-refractivity contribution in [3.05, 3.63) is 47.8 Å². The smallest absolute Gasteiger partial charge is 0.185 e. The highest BCUT2D eigenvalue weighted by Crippen LogP contribution is 2.29. The molecule has 0 unspecified atom stereocenters. The fraction of sp³-hybridized carbons (Fsp3) is 0.200. The second-order valence-corrected chi connectivity index (χ2v) is 3.92. The van der Waals surface area contributed by atoms with Gasteiger partial charge in [-0.2, -0.15) is 5.26 Å². The molecule has 0 N–H and O–H groups in total. The van der Waals surface area contributed by atoms with Crippen LogP contribution in [0.5, 0.6) is 17.2 Å². The molecule has 0 saturated carbocycles.